The molecule has 19 heavy (non-hydrogen) atoms. The number of halogens is 1. The summed E-state index contributed by atoms with van der Waals surface area (Å²) in [6, 6.07) is 7.94. The van der Waals surface area contributed by atoms with Gasteiger partial charge in [-0.3, -0.25) is 15.1 Å². The number of benzene rings is 1. The highest BCUT2D eigenvalue weighted by Crippen LogP contribution is 2.27. The molecular formula is C12H10BrN3O3. The number of nitrogens with zero attached hydrogens (tertiary/aromatic N) is 2. The Morgan fingerprint density at radius 2 is 2.16 bits per heavy atom. The van der Waals surface area contributed by atoms with Crippen LogP contribution in [0.1, 0.15) is 5.69 Å². The fourth-order valence-corrected chi connectivity index (χ4v) is 2.00. The lowest BCUT2D eigenvalue weighted by atomic mass is 10.2. The Morgan fingerprint density at radius 3 is 2.74 bits per heavy atom. The minimum Gasteiger partial charge on any atom is -0.506 e. The van der Waals surface area contributed by atoms with Crippen molar-refractivity contribution in [3.05, 3.63) is 56.8 Å². The number of nitro groups is 1. The van der Waals surface area contributed by atoms with Gasteiger partial charge in [-0.05, 0) is 40.2 Å². The normalized spacial score (nSPS) is 10.2. The molecule has 0 spiro atoms. The maximum absolute atomic E-state index is 10.7. The quantitative estimate of drug-likeness (QED) is 0.666. The van der Waals surface area contributed by atoms with Gasteiger partial charge in [0.25, 0.3) is 5.69 Å². The van der Waals surface area contributed by atoms with Crippen LogP contribution in [0.5, 0.6) is 5.75 Å². The van der Waals surface area contributed by atoms with Crippen molar-refractivity contribution in [2.45, 2.75) is 6.54 Å². The highest BCUT2D eigenvalue weighted by atomic mass is 79.9. The summed E-state index contributed by atoms with van der Waals surface area (Å²) in [6.07, 6.45) is 1.36. The molecule has 0 atom stereocenters. The Balaban J connectivity index is 2.06. The van der Waals surface area contributed by atoms with Crippen molar-refractivity contribution < 1.29 is 10.0 Å². The second-order valence-electron chi connectivity index (χ2n) is 3.78. The molecule has 1 aromatic carbocycles. The van der Waals surface area contributed by atoms with Gasteiger partial charge in [0.05, 0.1) is 27.8 Å². The van der Waals surface area contributed by atoms with Crippen LogP contribution in [0.4, 0.5) is 11.4 Å². The Hall–Kier alpha value is -2.15. The Morgan fingerprint density at radius 1 is 1.37 bits per heavy atom. The maximum atomic E-state index is 10.7. The molecule has 0 aliphatic heterocycles. The van der Waals surface area contributed by atoms with Crippen molar-refractivity contribution in [2.24, 2.45) is 0 Å². The third-order valence-electron chi connectivity index (χ3n) is 2.43. The summed E-state index contributed by atoms with van der Waals surface area (Å²) in [6.45, 7) is 0.463. The van der Waals surface area contributed by atoms with Gasteiger partial charge in [-0.15, -0.1) is 0 Å². The van der Waals surface area contributed by atoms with E-state index in [9.17, 15) is 10.1 Å². The highest BCUT2D eigenvalue weighted by molar-refractivity contribution is 9.10. The van der Waals surface area contributed by atoms with Crippen molar-refractivity contribution in [3.8, 4) is 5.75 Å². The van der Waals surface area contributed by atoms with Gasteiger partial charge in [-0.2, -0.15) is 0 Å². The molecule has 2 aromatic rings. The second kappa shape index (κ2) is 5.66. The summed E-state index contributed by atoms with van der Waals surface area (Å²) in [4.78, 5) is 14.2. The van der Waals surface area contributed by atoms with Crippen molar-refractivity contribution >= 4 is 27.3 Å². The first-order valence-corrected chi connectivity index (χ1v) is 6.17. The van der Waals surface area contributed by atoms with Crippen LogP contribution >= 0.6 is 15.9 Å². The molecule has 6 nitrogen and oxygen atoms in total. The third kappa shape index (κ3) is 3.41. The van der Waals surface area contributed by atoms with E-state index in [-0.39, 0.29) is 11.4 Å². The number of hydrogen-bond donors (Lipinski definition) is 2. The predicted molar refractivity (Wildman–Crippen MR) is 74.0 cm³/mol. The molecule has 2 N–H and O–H groups in total. The van der Waals surface area contributed by atoms with Gasteiger partial charge in [0.2, 0.25) is 0 Å². The lowest BCUT2D eigenvalue weighted by Crippen LogP contribution is -2.01. The number of aromatic hydroxyl groups is 1. The van der Waals surface area contributed by atoms with E-state index in [0.717, 1.165) is 11.4 Å². The Bertz CT molecular complexity index is 602. The number of anilines is 1. The van der Waals surface area contributed by atoms with Crippen LogP contribution in [0.2, 0.25) is 0 Å². The second-order valence-corrected chi connectivity index (χ2v) is 4.64. The molecule has 7 heteroatoms. The Labute approximate surface area is 117 Å². The molecule has 0 saturated heterocycles. The Kier molecular flexibility index (Phi) is 3.96. The first-order valence-electron chi connectivity index (χ1n) is 5.38. The predicted octanol–water partition coefficient (Wildman–Crippen LogP) is 3.07. The smallest absolute Gasteiger partial charge is 0.283 e. The van der Waals surface area contributed by atoms with Gasteiger partial charge in [-0.25, -0.2) is 0 Å². The molecule has 1 heterocycles. The number of nitrogens with one attached hydrogen (secondary N) is 1. The summed E-state index contributed by atoms with van der Waals surface area (Å²) in [7, 11) is 0. The maximum Gasteiger partial charge on any atom is 0.283 e. The van der Waals surface area contributed by atoms with Gasteiger partial charge < -0.3 is 10.4 Å². The third-order valence-corrected chi connectivity index (χ3v) is 3.06. The van der Waals surface area contributed by atoms with Crippen molar-refractivity contribution in [3.63, 3.8) is 0 Å². The number of pyridine rings is 1. The van der Waals surface area contributed by atoms with E-state index in [1.807, 2.05) is 0 Å². The molecule has 0 saturated carbocycles. The van der Waals surface area contributed by atoms with Crippen LogP contribution < -0.4 is 5.32 Å². The minimum atomic E-state index is -0.449. The van der Waals surface area contributed by atoms with Crippen LogP contribution in [-0.2, 0) is 6.54 Å². The number of aromatic nitrogens is 1. The molecule has 1 aromatic heterocycles. The summed E-state index contributed by atoms with van der Waals surface area (Å²) in [5.41, 5.74) is 1.52. The van der Waals surface area contributed by atoms with E-state index in [1.54, 1.807) is 24.3 Å². The van der Waals surface area contributed by atoms with Crippen molar-refractivity contribution in [2.75, 3.05) is 5.32 Å². The number of nitro benzene ring substituents is 1. The molecule has 0 aliphatic rings. The largest absolute Gasteiger partial charge is 0.506 e. The van der Waals surface area contributed by atoms with Crippen molar-refractivity contribution in [1.29, 1.82) is 0 Å². The first-order chi connectivity index (χ1) is 9.06. The van der Waals surface area contributed by atoms with E-state index in [0.29, 0.717) is 11.0 Å². The van der Waals surface area contributed by atoms with E-state index < -0.39 is 4.92 Å². The fourth-order valence-electron chi connectivity index (χ4n) is 1.48. The SMILES string of the molecule is O=[N+]([O-])c1ccc(NCc2ccc(O)cn2)cc1Br. The average Bonchev–Trinajstić information content (AvgIpc) is 2.37. The minimum absolute atomic E-state index is 0.0216. The summed E-state index contributed by atoms with van der Waals surface area (Å²) in [5.74, 6) is 0.113. The molecule has 0 aliphatic carbocycles. The molecule has 0 radical (unpaired) electrons. The zero-order chi connectivity index (χ0) is 13.8. The molecule has 0 amide bonds. The first kappa shape index (κ1) is 13.3. The highest BCUT2D eigenvalue weighted by Gasteiger charge is 2.11. The van der Waals surface area contributed by atoms with Crippen LogP contribution in [0, 0.1) is 10.1 Å². The lowest BCUT2D eigenvalue weighted by molar-refractivity contribution is -0.385. The van der Waals surface area contributed by atoms with Crippen LogP contribution in [0.15, 0.2) is 41.0 Å². The van der Waals surface area contributed by atoms with Gasteiger partial charge in [0, 0.05) is 11.8 Å². The van der Waals surface area contributed by atoms with E-state index in [1.165, 1.54) is 12.3 Å². The van der Waals surface area contributed by atoms with Crippen LogP contribution in [0.25, 0.3) is 0 Å². The van der Waals surface area contributed by atoms with E-state index >= 15 is 0 Å². The van der Waals surface area contributed by atoms with Gasteiger partial charge >= 0.3 is 0 Å². The molecule has 0 unspecified atom stereocenters. The monoisotopic (exact) mass is 323 g/mol. The molecule has 2 rings (SSSR count). The van der Waals surface area contributed by atoms with Gasteiger partial charge in [0.15, 0.2) is 0 Å². The standard InChI is InChI=1S/C12H10BrN3O3/c13-11-5-8(2-4-12(11)16(18)19)14-6-9-1-3-10(17)7-15-9/h1-5,7,14,17H,6H2. The fraction of sp³-hybridized carbons (Fsp3) is 0.0833. The van der Waals surface area contributed by atoms with Gasteiger partial charge in [0.1, 0.15) is 5.75 Å². The zero-order valence-electron chi connectivity index (χ0n) is 9.71. The van der Waals surface area contributed by atoms with E-state index in [4.69, 9.17) is 5.11 Å². The topological polar surface area (TPSA) is 88.3 Å². The molecule has 98 valence electrons. The molecular weight excluding hydrogens is 314 g/mol. The van der Waals surface area contributed by atoms with Crippen LogP contribution in [-0.4, -0.2) is 15.0 Å². The van der Waals surface area contributed by atoms with Crippen molar-refractivity contribution in [1.82, 2.24) is 4.98 Å². The average molecular weight is 324 g/mol. The number of hydrogen-bond acceptors (Lipinski definition) is 5. The number of rotatable bonds is 4. The summed E-state index contributed by atoms with van der Waals surface area (Å²) in [5, 5.41) is 22.9. The summed E-state index contributed by atoms with van der Waals surface area (Å²) >= 11 is 3.15. The summed E-state index contributed by atoms with van der Waals surface area (Å²) < 4.78 is 0.418. The molecule has 0 bridgehead atoms. The van der Waals surface area contributed by atoms with Gasteiger partial charge in [-0.1, -0.05) is 0 Å². The zero-order valence-corrected chi connectivity index (χ0v) is 11.3. The molecule has 0 fully saturated rings. The van der Waals surface area contributed by atoms with E-state index in [2.05, 4.69) is 26.2 Å². The lowest BCUT2D eigenvalue weighted by Gasteiger charge is -2.06. The van der Waals surface area contributed by atoms with Crippen LogP contribution in [0.3, 0.4) is 0 Å².